The van der Waals surface area contributed by atoms with E-state index in [1.165, 1.54) is 0 Å². The summed E-state index contributed by atoms with van der Waals surface area (Å²) in [5.41, 5.74) is 3.62. The van der Waals surface area contributed by atoms with Crippen LogP contribution >= 0.6 is 0 Å². The Morgan fingerprint density at radius 1 is 1.56 bits per heavy atom. The number of rotatable bonds is 2. The second kappa shape index (κ2) is 4.09. The Bertz CT molecular complexity index is 126. The average molecular weight is 128 g/mol. The largest absolute Gasteiger partial charge is 0.303 e. The quantitative estimate of drug-likeness (QED) is 0.297. The topological polar surface area (TPSA) is 41.0 Å². The molecular formula is C6H14N3+. The summed E-state index contributed by atoms with van der Waals surface area (Å²) < 4.78 is 0. The lowest BCUT2D eigenvalue weighted by Gasteiger charge is -1.95. The van der Waals surface area contributed by atoms with Crippen molar-refractivity contribution >= 4 is 5.84 Å². The number of nitrogens with zero attached hydrogens (tertiary/aromatic N) is 1. The Hall–Kier alpha value is -0.830. The zero-order valence-corrected chi connectivity index (χ0v) is 6.23. The van der Waals surface area contributed by atoms with E-state index < -0.39 is 0 Å². The molecule has 0 bridgehead atoms. The third-order valence-corrected chi connectivity index (χ3v) is 0.841. The van der Waals surface area contributed by atoms with Crippen molar-refractivity contribution < 1.29 is 5.32 Å². The summed E-state index contributed by atoms with van der Waals surface area (Å²) in [6, 6.07) is 0. The molecule has 0 heterocycles. The van der Waals surface area contributed by atoms with Gasteiger partial charge in [0, 0.05) is 12.6 Å². The minimum atomic E-state index is 0.858. The maximum atomic E-state index is 3.95. The van der Waals surface area contributed by atoms with Crippen molar-refractivity contribution in [2.75, 3.05) is 7.05 Å². The molecule has 0 aromatic rings. The molecule has 0 radical (unpaired) electrons. The van der Waals surface area contributed by atoms with Crippen LogP contribution in [0, 0.1) is 0 Å². The number of nitrogens with one attached hydrogen (secondary N) is 1. The fourth-order valence-electron chi connectivity index (χ4n) is 0.248. The van der Waals surface area contributed by atoms with Gasteiger partial charge in [-0.05, 0) is 6.92 Å². The molecule has 0 rings (SSSR count). The average Bonchev–Trinajstić information content (AvgIpc) is 1.83. The van der Waals surface area contributed by atoms with Crippen molar-refractivity contribution in [2.45, 2.75) is 13.8 Å². The fourth-order valence-corrected chi connectivity index (χ4v) is 0.248. The van der Waals surface area contributed by atoms with E-state index in [9.17, 15) is 0 Å². The zero-order chi connectivity index (χ0) is 7.28. The summed E-state index contributed by atoms with van der Waals surface area (Å²) in [4.78, 5) is 0. The minimum Gasteiger partial charge on any atom is -0.303 e. The molecule has 0 unspecified atom stereocenters. The van der Waals surface area contributed by atoms with E-state index in [0.29, 0.717) is 0 Å². The van der Waals surface area contributed by atoms with Crippen molar-refractivity contribution in [1.29, 1.82) is 0 Å². The van der Waals surface area contributed by atoms with Crippen LogP contribution in [0.5, 0.6) is 0 Å². The monoisotopic (exact) mass is 128 g/mol. The van der Waals surface area contributed by atoms with Crippen molar-refractivity contribution in [1.82, 2.24) is 5.43 Å². The summed E-state index contributed by atoms with van der Waals surface area (Å²) in [5, 5.41) is 5.88. The third kappa shape index (κ3) is 5.03. The van der Waals surface area contributed by atoms with Crippen LogP contribution in [0.4, 0.5) is 0 Å². The van der Waals surface area contributed by atoms with Crippen LogP contribution in [-0.4, -0.2) is 12.9 Å². The van der Waals surface area contributed by atoms with E-state index in [-0.39, 0.29) is 0 Å². The molecule has 0 aliphatic heterocycles. The molecule has 3 heteroatoms. The van der Waals surface area contributed by atoms with Crippen LogP contribution in [-0.2, 0) is 0 Å². The summed E-state index contributed by atoms with van der Waals surface area (Å²) >= 11 is 0. The van der Waals surface area contributed by atoms with Crippen molar-refractivity contribution in [3.63, 3.8) is 0 Å². The van der Waals surface area contributed by atoms with Crippen LogP contribution in [0.25, 0.3) is 0 Å². The zero-order valence-electron chi connectivity index (χ0n) is 6.23. The first-order valence-corrected chi connectivity index (χ1v) is 2.92. The number of hydrogen-bond donors (Lipinski definition) is 2. The molecule has 0 atom stereocenters. The maximum absolute atomic E-state index is 3.95. The van der Waals surface area contributed by atoms with Gasteiger partial charge in [-0.25, -0.2) is 0 Å². The Labute approximate surface area is 55.8 Å². The van der Waals surface area contributed by atoms with Crippen LogP contribution < -0.4 is 10.7 Å². The first kappa shape index (κ1) is 8.17. The minimum absolute atomic E-state index is 0.858. The Morgan fingerprint density at radius 3 is 2.44 bits per heavy atom. The van der Waals surface area contributed by atoms with Gasteiger partial charge in [0.1, 0.15) is 0 Å². The van der Waals surface area contributed by atoms with E-state index in [1.54, 1.807) is 0 Å². The highest BCUT2D eigenvalue weighted by atomic mass is 15.3. The molecule has 0 spiro atoms. The molecule has 0 aromatic carbocycles. The van der Waals surface area contributed by atoms with Crippen molar-refractivity contribution in [2.24, 2.45) is 5.10 Å². The highest BCUT2D eigenvalue weighted by Gasteiger charge is 1.85. The molecule has 0 aliphatic carbocycles. The standard InChI is InChI=1S/C6H13N3/c1-5(2)8-9-6(3)7-4/h8H,1H2,2-4H3,(H,7,9)/p+1. The van der Waals surface area contributed by atoms with Crippen molar-refractivity contribution in [3.8, 4) is 0 Å². The summed E-state index contributed by atoms with van der Waals surface area (Å²) in [6.45, 7) is 7.42. The molecule has 3 nitrogen and oxygen atoms in total. The highest BCUT2D eigenvalue weighted by molar-refractivity contribution is 5.68. The molecule has 0 saturated heterocycles. The number of nitrogens with two attached hydrogens (primary N) is 1. The first-order valence-electron chi connectivity index (χ1n) is 2.92. The number of amidine groups is 1. The highest BCUT2D eigenvalue weighted by Crippen LogP contribution is 1.75. The second-order valence-corrected chi connectivity index (χ2v) is 1.93. The normalized spacial score (nSPS) is 11.2. The Kier molecular flexibility index (Phi) is 3.71. The van der Waals surface area contributed by atoms with Crippen LogP contribution in [0.1, 0.15) is 13.8 Å². The van der Waals surface area contributed by atoms with Gasteiger partial charge < -0.3 is 5.32 Å². The van der Waals surface area contributed by atoms with Gasteiger partial charge in [-0.15, -0.1) is 5.10 Å². The number of quaternary nitrogens is 1. The van der Waals surface area contributed by atoms with Gasteiger partial charge in [0.25, 0.3) is 0 Å². The lowest BCUT2D eigenvalue weighted by molar-refractivity contribution is -0.507. The number of hydrogen-bond acceptors (Lipinski definition) is 2. The van der Waals surface area contributed by atoms with Gasteiger partial charge in [0.05, 0.1) is 7.05 Å². The van der Waals surface area contributed by atoms with Gasteiger partial charge in [-0.3, -0.25) is 5.43 Å². The SMILES string of the molecule is C=C(C)N/N=C(/C)[NH2+]C. The van der Waals surface area contributed by atoms with E-state index in [2.05, 4.69) is 17.1 Å². The Balaban J connectivity index is 3.56. The number of hydrazone groups is 1. The molecule has 3 N–H and O–H groups in total. The lowest BCUT2D eigenvalue weighted by atomic mass is 10.6. The fraction of sp³-hybridized carbons (Fsp3) is 0.500. The summed E-state index contributed by atoms with van der Waals surface area (Å²) in [6.07, 6.45) is 0. The third-order valence-electron chi connectivity index (χ3n) is 0.841. The van der Waals surface area contributed by atoms with Gasteiger partial charge in [-0.2, -0.15) is 0 Å². The first-order chi connectivity index (χ1) is 4.16. The smallest absolute Gasteiger partial charge is 0.213 e. The van der Waals surface area contributed by atoms with Crippen molar-refractivity contribution in [3.05, 3.63) is 12.3 Å². The van der Waals surface area contributed by atoms with E-state index >= 15 is 0 Å². The molecule has 0 saturated carbocycles. The van der Waals surface area contributed by atoms with Gasteiger partial charge in [0.15, 0.2) is 0 Å². The Morgan fingerprint density at radius 2 is 2.11 bits per heavy atom. The van der Waals surface area contributed by atoms with Crippen LogP contribution in [0.3, 0.4) is 0 Å². The molecule has 9 heavy (non-hydrogen) atoms. The summed E-state index contributed by atoms with van der Waals surface area (Å²) in [5.74, 6) is 0.970. The predicted octanol–water partition coefficient (Wildman–Crippen LogP) is -0.364. The van der Waals surface area contributed by atoms with Gasteiger partial charge in [-0.1, -0.05) is 6.58 Å². The van der Waals surface area contributed by atoms with Gasteiger partial charge in [0.2, 0.25) is 5.84 Å². The second-order valence-electron chi connectivity index (χ2n) is 1.93. The molecular weight excluding hydrogens is 114 g/mol. The molecule has 0 aromatic heterocycles. The van der Waals surface area contributed by atoms with E-state index in [1.807, 2.05) is 26.2 Å². The van der Waals surface area contributed by atoms with E-state index in [0.717, 1.165) is 11.5 Å². The molecule has 0 amide bonds. The molecule has 0 aliphatic rings. The predicted molar refractivity (Wildman–Crippen MR) is 38.9 cm³/mol. The van der Waals surface area contributed by atoms with Crippen LogP contribution in [0.15, 0.2) is 17.4 Å². The molecule has 0 fully saturated rings. The lowest BCUT2D eigenvalue weighted by Crippen LogP contribution is -2.83. The van der Waals surface area contributed by atoms with E-state index in [4.69, 9.17) is 0 Å². The molecule has 52 valence electrons. The maximum Gasteiger partial charge on any atom is 0.213 e. The summed E-state index contributed by atoms with van der Waals surface area (Å²) in [7, 11) is 1.94. The van der Waals surface area contributed by atoms with Crippen LogP contribution in [0.2, 0.25) is 0 Å². The number of allylic oxidation sites excluding steroid dienone is 1. The van der Waals surface area contributed by atoms with Gasteiger partial charge >= 0.3 is 0 Å².